The quantitative estimate of drug-likeness (QED) is 0.913. The second-order valence-electron chi connectivity index (χ2n) is 6.58. The van der Waals surface area contributed by atoms with Gasteiger partial charge in [-0.1, -0.05) is 13.8 Å². The van der Waals surface area contributed by atoms with Gasteiger partial charge in [0.05, 0.1) is 10.6 Å². The molecule has 1 fully saturated rings. The minimum Gasteiger partial charge on any atom is -0.349 e. The van der Waals surface area contributed by atoms with Crippen molar-refractivity contribution < 1.29 is 4.79 Å². The standard InChI is InChI=1S/C16H24N4OS/c1-9(2)14-12-8-13(22-16(12)20(3)19-14)15(21)18-11-6-4-10(17)5-7-11/h8-11H,4-7,17H2,1-3H3,(H,18,21). The number of hydrogen-bond acceptors (Lipinski definition) is 4. The number of hydrogen-bond donors (Lipinski definition) is 2. The van der Waals surface area contributed by atoms with E-state index in [1.807, 2.05) is 17.8 Å². The summed E-state index contributed by atoms with van der Waals surface area (Å²) in [5.41, 5.74) is 6.98. The lowest BCUT2D eigenvalue weighted by atomic mass is 9.92. The summed E-state index contributed by atoms with van der Waals surface area (Å²) in [7, 11) is 1.94. The first-order valence-electron chi connectivity index (χ1n) is 7.98. The fourth-order valence-electron chi connectivity index (χ4n) is 3.12. The van der Waals surface area contributed by atoms with Gasteiger partial charge in [0.25, 0.3) is 5.91 Å². The highest BCUT2D eigenvalue weighted by atomic mass is 32.1. The predicted octanol–water partition coefficient (Wildman–Crippen LogP) is 2.76. The van der Waals surface area contributed by atoms with Crippen LogP contribution >= 0.6 is 11.3 Å². The second kappa shape index (κ2) is 6.01. The molecule has 1 saturated carbocycles. The van der Waals surface area contributed by atoms with E-state index in [2.05, 4.69) is 24.3 Å². The monoisotopic (exact) mass is 320 g/mol. The van der Waals surface area contributed by atoms with Crippen molar-refractivity contribution in [3.05, 3.63) is 16.6 Å². The van der Waals surface area contributed by atoms with Crippen molar-refractivity contribution in [3.8, 4) is 0 Å². The van der Waals surface area contributed by atoms with Crippen molar-refractivity contribution in [2.75, 3.05) is 0 Å². The van der Waals surface area contributed by atoms with Crippen LogP contribution in [0.1, 0.15) is 60.8 Å². The highest BCUT2D eigenvalue weighted by Crippen LogP contribution is 2.31. The number of thiophene rings is 1. The van der Waals surface area contributed by atoms with Crippen LogP contribution in [0.2, 0.25) is 0 Å². The van der Waals surface area contributed by atoms with Crippen molar-refractivity contribution in [1.82, 2.24) is 15.1 Å². The van der Waals surface area contributed by atoms with Gasteiger partial charge in [-0.2, -0.15) is 5.10 Å². The minimum absolute atomic E-state index is 0.0383. The molecule has 5 nitrogen and oxygen atoms in total. The summed E-state index contributed by atoms with van der Waals surface area (Å²) >= 11 is 1.52. The first kappa shape index (κ1) is 15.5. The lowest BCUT2D eigenvalue weighted by Gasteiger charge is -2.26. The molecule has 120 valence electrons. The third kappa shape index (κ3) is 2.90. The summed E-state index contributed by atoms with van der Waals surface area (Å²) in [5, 5.41) is 8.83. The van der Waals surface area contributed by atoms with Crippen LogP contribution in [-0.4, -0.2) is 27.8 Å². The number of aromatic nitrogens is 2. The molecule has 1 aliphatic carbocycles. The summed E-state index contributed by atoms with van der Waals surface area (Å²) in [6.45, 7) is 4.26. The van der Waals surface area contributed by atoms with Gasteiger partial charge in [-0.05, 0) is 37.7 Å². The molecule has 0 spiro atoms. The average molecular weight is 320 g/mol. The third-order valence-corrected chi connectivity index (χ3v) is 5.62. The zero-order chi connectivity index (χ0) is 15.9. The normalized spacial score (nSPS) is 22.4. The van der Waals surface area contributed by atoms with Crippen molar-refractivity contribution in [2.45, 2.75) is 57.5 Å². The third-order valence-electron chi connectivity index (χ3n) is 4.42. The lowest BCUT2D eigenvalue weighted by Crippen LogP contribution is -2.40. The SMILES string of the molecule is CC(C)c1nn(C)c2sc(C(=O)NC3CCC(N)CC3)cc12. The van der Waals surface area contributed by atoms with Crippen LogP contribution in [0, 0.1) is 0 Å². The van der Waals surface area contributed by atoms with E-state index >= 15 is 0 Å². The Labute approximate surface area is 134 Å². The Morgan fingerprint density at radius 3 is 2.73 bits per heavy atom. The van der Waals surface area contributed by atoms with E-state index in [1.54, 1.807) is 0 Å². The number of carbonyl (C=O) groups is 1. The summed E-state index contributed by atoms with van der Waals surface area (Å²) < 4.78 is 1.88. The lowest BCUT2D eigenvalue weighted by molar-refractivity contribution is 0.0930. The Balaban J connectivity index is 1.78. The molecular formula is C16H24N4OS. The molecule has 6 heteroatoms. The number of nitrogens with zero attached hydrogens (tertiary/aromatic N) is 2. The van der Waals surface area contributed by atoms with Crippen LogP contribution in [0.25, 0.3) is 10.2 Å². The Kier molecular flexibility index (Phi) is 4.23. The molecular weight excluding hydrogens is 296 g/mol. The summed E-state index contributed by atoms with van der Waals surface area (Å²) in [5.74, 6) is 0.394. The number of carbonyl (C=O) groups excluding carboxylic acids is 1. The van der Waals surface area contributed by atoms with E-state index in [-0.39, 0.29) is 11.9 Å². The number of fused-ring (bicyclic) bond motifs is 1. The number of aryl methyl sites for hydroxylation is 1. The smallest absolute Gasteiger partial charge is 0.261 e. The average Bonchev–Trinajstić information content (AvgIpc) is 3.02. The summed E-state index contributed by atoms with van der Waals surface area (Å²) in [4.78, 5) is 14.3. The van der Waals surface area contributed by atoms with Gasteiger partial charge in [0.1, 0.15) is 4.83 Å². The van der Waals surface area contributed by atoms with Gasteiger partial charge in [-0.15, -0.1) is 11.3 Å². The van der Waals surface area contributed by atoms with Gasteiger partial charge in [0.2, 0.25) is 0 Å². The molecule has 0 atom stereocenters. The van der Waals surface area contributed by atoms with Crippen molar-refractivity contribution >= 4 is 27.5 Å². The van der Waals surface area contributed by atoms with Crippen LogP contribution in [-0.2, 0) is 7.05 Å². The van der Waals surface area contributed by atoms with Gasteiger partial charge in [-0.25, -0.2) is 0 Å². The summed E-state index contributed by atoms with van der Waals surface area (Å²) in [6.07, 6.45) is 3.96. The number of nitrogens with one attached hydrogen (secondary N) is 1. The van der Waals surface area contributed by atoms with Crippen LogP contribution in [0.3, 0.4) is 0 Å². The maximum atomic E-state index is 12.5. The topological polar surface area (TPSA) is 72.9 Å². The van der Waals surface area contributed by atoms with E-state index in [4.69, 9.17) is 5.73 Å². The Hall–Kier alpha value is -1.40. The molecule has 0 unspecified atom stereocenters. The molecule has 1 amide bonds. The van der Waals surface area contributed by atoms with Crippen LogP contribution < -0.4 is 11.1 Å². The van der Waals surface area contributed by atoms with Crippen molar-refractivity contribution in [2.24, 2.45) is 12.8 Å². The first-order chi connectivity index (χ1) is 10.5. The molecule has 2 aromatic heterocycles. The van der Waals surface area contributed by atoms with Gasteiger partial charge < -0.3 is 11.1 Å². The molecule has 22 heavy (non-hydrogen) atoms. The zero-order valence-electron chi connectivity index (χ0n) is 13.4. The van der Waals surface area contributed by atoms with E-state index in [9.17, 15) is 4.79 Å². The van der Waals surface area contributed by atoms with Gasteiger partial charge >= 0.3 is 0 Å². The number of rotatable bonds is 3. The fourth-order valence-corrected chi connectivity index (χ4v) is 4.11. The number of nitrogens with two attached hydrogens (primary N) is 1. The van der Waals surface area contributed by atoms with E-state index in [0.717, 1.165) is 46.5 Å². The first-order valence-corrected chi connectivity index (χ1v) is 8.80. The predicted molar refractivity (Wildman–Crippen MR) is 90.4 cm³/mol. The maximum Gasteiger partial charge on any atom is 0.261 e. The zero-order valence-corrected chi connectivity index (χ0v) is 14.2. The van der Waals surface area contributed by atoms with Crippen molar-refractivity contribution in [1.29, 1.82) is 0 Å². The minimum atomic E-state index is 0.0383. The highest BCUT2D eigenvalue weighted by Gasteiger charge is 2.23. The molecule has 0 radical (unpaired) electrons. The van der Waals surface area contributed by atoms with Gasteiger partial charge in [0.15, 0.2) is 0 Å². The molecule has 0 saturated heterocycles. The van der Waals surface area contributed by atoms with Gasteiger partial charge in [0, 0.05) is 24.5 Å². The number of amides is 1. The van der Waals surface area contributed by atoms with E-state index < -0.39 is 0 Å². The molecule has 3 N–H and O–H groups in total. The largest absolute Gasteiger partial charge is 0.349 e. The van der Waals surface area contributed by atoms with E-state index in [1.165, 1.54) is 11.3 Å². The molecule has 2 heterocycles. The van der Waals surface area contributed by atoms with Crippen LogP contribution in [0.5, 0.6) is 0 Å². The molecule has 0 aliphatic heterocycles. The molecule has 0 bridgehead atoms. The molecule has 3 rings (SSSR count). The van der Waals surface area contributed by atoms with Crippen LogP contribution in [0.4, 0.5) is 0 Å². The van der Waals surface area contributed by atoms with Crippen LogP contribution in [0.15, 0.2) is 6.07 Å². The summed E-state index contributed by atoms with van der Waals surface area (Å²) in [6, 6.07) is 2.56. The Morgan fingerprint density at radius 1 is 1.41 bits per heavy atom. The Morgan fingerprint density at radius 2 is 2.09 bits per heavy atom. The molecule has 1 aliphatic rings. The molecule has 0 aromatic carbocycles. The second-order valence-corrected chi connectivity index (χ2v) is 7.61. The maximum absolute atomic E-state index is 12.5. The fraction of sp³-hybridized carbons (Fsp3) is 0.625. The van der Waals surface area contributed by atoms with Gasteiger partial charge in [-0.3, -0.25) is 9.48 Å². The highest BCUT2D eigenvalue weighted by molar-refractivity contribution is 7.20. The molecule has 2 aromatic rings. The van der Waals surface area contributed by atoms with Crippen molar-refractivity contribution in [3.63, 3.8) is 0 Å². The Bertz CT molecular complexity index is 680. The van der Waals surface area contributed by atoms with E-state index in [0.29, 0.717) is 12.0 Å².